The quantitative estimate of drug-likeness (QED) is 0.195. The molecule has 0 heterocycles. The highest BCUT2D eigenvalue weighted by molar-refractivity contribution is 4.66. The molecule has 0 heteroatoms. The molecule has 5 atom stereocenters. The van der Waals surface area contributed by atoms with E-state index in [2.05, 4.69) is 48.5 Å². The fourth-order valence-electron chi connectivity index (χ4n) is 5.21. The first-order valence-corrected chi connectivity index (χ1v) is 12.9. The Hall–Kier alpha value is 0. The van der Waals surface area contributed by atoms with Gasteiger partial charge in [-0.3, -0.25) is 0 Å². The predicted octanol–water partition coefficient (Wildman–Crippen LogP) is 10.1. The van der Waals surface area contributed by atoms with Gasteiger partial charge in [0.2, 0.25) is 0 Å². The molecule has 0 N–H and O–H groups in total. The summed E-state index contributed by atoms with van der Waals surface area (Å²) in [6.45, 7) is 17.0. The largest absolute Gasteiger partial charge is 0.0654 e. The summed E-state index contributed by atoms with van der Waals surface area (Å²) in [7, 11) is 0. The Bertz CT molecular complexity index is 294. The van der Waals surface area contributed by atoms with Gasteiger partial charge in [-0.25, -0.2) is 0 Å². The molecule has 0 aromatic rings. The van der Waals surface area contributed by atoms with Crippen molar-refractivity contribution in [3.8, 4) is 0 Å². The van der Waals surface area contributed by atoms with E-state index in [1.54, 1.807) is 0 Å². The summed E-state index contributed by atoms with van der Waals surface area (Å²) in [5.41, 5.74) is 0. The molecule has 0 aromatic carbocycles. The van der Waals surface area contributed by atoms with Crippen molar-refractivity contribution >= 4 is 0 Å². The predicted molar refractivity (Wildman–Crippen MR) is 126 cm³/mol. The van der Waals surface area contributed by atoms with E-state index in [9.17, 15) is 0 Å². The first-order chi connectivity index (χ1) is 12.9. The minimum atomic E-state index is 0.909. The van der Waals surface area contributed by atoms with Gasteiger partial charge in [0.05, 0.1) is 0 Å². The molecule has 0 aliphatic heterocycles. The maximum atomic E-state index is 2.50. The molecule has 0 nitrogen and oxygen atoms in total. The summed E-state index contributed by atoms with van der Waals surface area (Å²) < 4.78 is 0. The normalized spacial score (nSPS) is 17.4. The molecule has 0 bridgehead atoms. The smallest absolute Gasteiger partial charge is 0.0438 e. The molecule has 0 saturated heterocycles. The average molecular weight is 381 g/mol. The third-order valence-corrected chi connectivity index (χ3v) is 6.64. The molecule has 0 aliphatic carbocycles. The summed E-state index contributed by atoms with van der Waals surface area (Å²) in [6, 6.07) is 0. The topological polar surface area (TPSA) is 0 Å². The Morgan fingerprint density at radius 2 is 0.778 bits per heavy atom. The van der Waals surface area contributed by atoms with Gasteiger partial charge in [-0.05, 0) is 48.9 Å². The molecule has 0 unspecified atom stereocenters. The van der Waals surface area contributed by atoms with Gasteiger partial charge in [0.25, 0.3) is 0 Å². The van der Waals surface area contributed by atoms with Crippen molar-refractivity contribution in [2.24, 2.45) is 29.6 Å². The van der Waals surface area contributed by atoms with Gasteiger partial charge in [0.15, 0.2) is 0 Å². The van der Waals surface area contributed by atoms with Gasteiger partial charge in [-0.15, -0.1) is 0 Å². The summed E-state index contributed by atoms with van der Waals surface area (Å²) in [4.78, 5) is 0. The van der Waals surface area contributed by atoms with E-state index < -0.39 is 0 Å². The summed E-state index contributed by atoms with van der Waals surface area (Å²) in [6.07, 6.45) is 21.5. The number of rotatable bonds is 19. The summed E-state index contributed by atoms with van der Waals surface area (Å²) in [5, 5.41) is 0. The number of unbranched alkanes of at least 4 members (excludes halogenated alkanes) is 5. The lowest BCUT2D eigenvalue weighted by Gasteiger charge is -2.23. The van der Waals surface area contributed by atoms with Crippen LogP contribution in [-0.2, 0) is 0 Å². The Kier molecular flexibility index (Phi) is 18.1. The van der Waals surface area contributed by atoms with E-state index in [0.717, 1.165) is 29.6 Å². The monoisotopic (exact) mass is 380 g/mol. The van der Waals surface area contributed by atoms with Crippen molar-refractivity contribution < 1.29 is 0 Å². The van der Waals surface area contributed by atoms with E-state index in [-0.39, 0.29) is 0 Å². The minimum Gasteiger partial charge on any atom is -0.0654 e. The molecule has 0 saturated carbocycles. The first kappa shape index (κ1) is 27.0. The Morgan fingerprint density at radius 3 is 1.26 bits per heavy atom. The van der Waals surface area contributed by atoms with Crippen LogP contribution >= 0.6 is 0 Å². The second-order valence-electron chi connectivity index (χ2n) is 10.5. The fraction of sp³-hybridized carbons (Fsp3) is 1.00. The molecule has 0 radical (unpaired) electrons. The van der Waals surface area contributed by atoms with Crippen LogP contribution in [0.3, 0.4) is 0 Å². The van der Waals surface area contributed by atoms with Gasteiger partial charge >= 0.3 is 0 Å². The highest BCUT2D eigenvalue weighted by atomic mass is 14.2. The number of hydrogen-bond acceptors (Lipinski definition) is 0. The van der Waals surface area contributed by atoms with Gasteiger partial charge in [-0.2, -0.15) is 0 Å². The van der Waals surface area contributed by atoms with Crippen LogP contribution in [0.25, 0.3) is 0 Å². The molecular weight excluding hydrogens is 324 g/mol. The zero-order valence-electron chi connectivity index (χ0n) is 20.5. The molecule has 0 aliphatic rings. The van der Waals surface area contributed by atoms with Gasteiger partial charge in [0, 0.05) is 0 Å². The van der Waals surface area contributed by atoms with Gasteiger partial charge in [-0.1, -0.05) is 126 Å². The maximum absolute atomic E-state index is 2.50. The van der Waals surface area contributed by atoms with Crippen molar-refractivity contribution in [2.45, 2.75) is 145 Å². The van der Waals surface area contributed by atoms with Crippen LogP contribution < -0.4 is 0 Å². The molecule has 164 valence electrons. The standard InChI is InChI=1S/C27H56/c1-8-10-11-13-17-23(3)18-14-12-15-19-25(5)21-27(7)22-26(6)20-24(4)16-9-2/h23-27H,8-22H2,1-7H3/t23-,24-,25-,26+,27+/m1/s1. The number of hydrogen-bond donors (Lipinski definition) is 0. The maximum Gasteiger partial charge on any atom is -0.0438 e. The van der Waals surface area contributed by atoms with Crippen molar-refractivity contribution in [1.29, 1.82) is 0 Å². The molecule has 0 fully saturated rings. The molecule has 0 aromatic heterocycles. The minimum absolute atomic E-state index is 0.909. The zero-order chi connectivity index (χ0) is 20.5. The lowest BCUT2D eigenvalue weighted by Crippen LogP contribution is -2.10. The highest BCUT2D eigenvalue weighted by Gasteiger charge is 2.14. The molecule has 0 spiro atoms. The van der Waals surface area contributed by atoms with E-state index >= 15 is 0 Å². The Morgan fingerprint density at radius 1 is 0.370 bits per heavy atom. The molecule has 27 heavy (non-hydrogen) atoms. The lowest BCUT2D eigenvalue weighted by molar-refractivity contribution is 0.293. The van der Waals surface area contributed by atoms with Crippen LogP contribution in [0.1, 0.15) is 145 Å². The molecular formula is C27H56. The van der Waals surface area contributed by atoms with E-state index in [0.29, 0.717) is 0 Å². The van der Waals surface area contributed by atoms with Gasteiger partial charge < -0.3 is 0 Å². The van der Waals surface area contributed by atoms with Gasteiger partial charge in [0.1, 0.15) is 0 Å². The highest BCUT2D eigenvalue weighted by Crippen LogP contribution is 2.27. The second kappa shape index (κ2) is 18.1. The Balaban J connectivity index is 3.65. The zero-order valence-corrected chi connectivity index (χ0v) is 20.5. The molecule has 0 amide bonds. The second-order valence-corrected chi connectivity index (χ2v) is 10.5. The third-order valence-electron chi connectivity index (χ3n) is 6.64. The van der Waals surface area contributed by atoms with Crippen molar-refractivity contribution in [2.75, 3.05) is 0 Å². The SMILES string of the molecule is CCCCCC[C@@H](C)CCCCC[C@@H](C)C[C@H](C)C[C@@H](C)C[C@H](C)CCC. The van der Waals surface area contributed by atoms with Crippen LogP contribution in [0.2, 0.25) is 0 Å². The Labute approximate surface area is 174 Å². The van der Waals surface area contributed by atoms with E-state index in [1.807, 2.05) is 0 Å². The van der Waals surface area contributed by atoms with Crippen LogP contribution in [0.4, 0.5) is 0 Å². The van der Waals surface area contributed by atoms with Crippen LogP contribution in [-0.4, -0.2) is 0 Å². The average Bonchev–Trinajstić information content (AvgIpc) is 2.58. The lowest BCUT2D eigenvalue weighted by atomic mass is 9.83. The summed E-state index contributed by atoms with van der Waals surface area (Å²) in [5.74, 6) is 4.62. The van der Waals surface area contributed by atoms with Crippen LogP contribution in [0.15, 0.2) is 0 Å². The summed E-state index contributed by atoms with van der Waals surface area (Å²) >= 11 is 0. The van der Waals surface area contributed by atoms with E-state index in [1.165, 1.54) is 96.3 Å². The van der Waals surface area contributed by atoms with Crippen molar-refractivity contribution in [3.05, 3.63) is 0 Å². The van der Waals surface area contributed by atoms with Crippen LogP contribution in [0.5, 0.6) is 0 Å². The first-order valence-electron chi connectivity index (χ1n) is 12.9. The van der Waals surface area contributed by atoms with E-state index in [4.69, 9.17) is 0 Å². The van der Waals surface area contributed by atoms with Crippen molar-refractivity contribution in [3.63, 3.8) is 0 Å². The van der Waals surface area contributed by atoms with Crippen molar-refractivity contribution in [1.82, 2.24) is 0 Å². The fourth-order valence-corrected chi connectivity index (χ4v) is 5.21. The molecule has 0 rings (SSSR count). The van der Waals surface area contributed by atoms with Crippen LogP contribution in [0, 0.1) is 29.6 Å². The third kappa shape index (κ3) is 17.8.